The summed E-state index contributed by atoms with van der Waals surface area (Å²) < 4.78 is 0. The summed E-state index contributed by atoms with van der Waals surface area (Å²) in [6.45, 7) is 11.3. The minimum atomic E-state index is -0.532. The molecule has 0 saturated heterocycles. The maximum atomic E-state index is 12.0. The molecule has 1 rings (SSSR count). The number of nitrogens with one attached hydrogen (secondary N) is 1. The molecule has 1 amide bonds. The van der Waals surface area contributed by atoms with Gasteiger partial charge in [-0.3, -0.25) is 4.79 Å². The molecule has 1 aliphatic rings. The molecule has 0 aromatic heterocycles. The van der Waals surface area contributed by atoms with Gasteiger partial charge in [-0.25, -0.2) is 0 Å². The predicted molar refractivity (Wildman–Crippen MR) is 79.9 cm³/mol. The normalized spacial score (nSPS) is 19.5. The van der Waals surface area contributed by atoms with Crippen LogP contribution in [0.25, 0.3) is 0 Å². The number of rotatable bonds is 8. The highest BCUT2D eigenvalue weighted by Gasteiger charge is 2.50. The summed E-state index contributed by atoms with van der Waals surface area (Å²) in [7, 11) is 2.08. The van der Waals surface area contributed by atoms with Crippen molar-refractivity contribution in [3.63, 3.8) is 0 Å². The van der Waals surface area contributed by atoms with Crippen LogP contribution in [0.1, 0.15) is 47.0 Å². The van der Waals surface area contributed by atoms with Gasteiger partial charge in [-0.15, -0.1) is 0 Å². The second-order valence-corrected chi connectivity index (χ2v) is 7.27. The zero-order valence-corrected chi connectivity index (χ0v) is 13.3. The Labute approximate surface area is 118 Å². The Morgan fingerprint density at radius 1 is 1.32 bits per heavy atom. The fourth-order valence-electron chi connectivity index (χ4n) is 2.91. The first-order chi connectivity index (χ1) is 8.71. The number of nitrogens with zero attached hydrogens (tertiary/aromatic N) is 1. The van der Waals surface area contributed by atoms with Gasteiger partial charge in [0, 0.05) is 13.1 Å². The Hall–Kier alpha value is -0.610. The quantitative estimate of drug-likeness (QED) is 0.703. The van der Waals surface area contributed by atoms with E-state index in [9.17, 15) is 4.79 Å². The Balaban J connectivity index is 2.75. The molecule has 0 aromatic carbocycles. The molecule has 112 valence electrons. The molecule has 0 bridgehead atoms. The van der Waals surface area contributed by atoms with E-state index in [4.69, 9.17) is 5.73 Å². The third-order valence-corrected chi connectivity index (χ3v) is 3.67. The largest absolute Gasteiger partial charge is 0.368 e. The van der Waals surface area contributed by atoms with Gasteiger partial charge in [0.1, 0.15) is 5.54 Å². The molecule has 1 aliphatic carbocycles. The van der Waals surface area contributed by atoms with Crippen molar-refractivity contribution >= 4 is 5.91 Å². The third-order valence-electron chi connectivity index (χ3n) is 3.67. The molecule has 3 N–H and O–H groups in total. The lowest BCUT2D eigenvalue weighted by molar-refractivity contribution is -0.126. The summed E-state index contributed by atoms with van der Waals surface area (Å²) in [5.74, 6) is 0.225. The molecule has 4 nitrogen and oxygen atoms in total. The van der Waals surface area contributed by atoms with E-state index in [0.29, 0.717) is 12.5 Å². The topological polar surface area (TPSA) is 58.4 Å². The first kappa shape index (κ1) is 16.4. The van der Waals surface area contributed by atoms with Crippen molar-refractivity contribution in [2.24, 2.45) is 17.1 Å². The van der Waals surface area contributed by atoms with Crippen LogP contribution in [-0.4, -0.2) is 43.0 Å². The molecular formula is C15H31N3O. The number of likely N-dealkylation sites (N-methyl/N-ethyl adjacent to an activating group) is 1. The summed E-state index contributed by atoms with van der Waals surface area (Å²) >= 11 is 0. The molecule has 1 saturated carbocycles. The minimum Gasteiger partial charge on any atom is -0.368 e. The van der Waals surface area contributed by atoms with E-state index in [0.717, 1.165) is 32.4 Å². The van der Waals surface area contributed by atoms with E-state index in [1.165, 1.54) is 0 Å². The molecule has 1 unspecified atom stereocenters. The van der Waals surface area contributed by atoms with Gasteiger partial charge in [-0.05, 0) is 44.2 Å². The van der Waals surface area contributed by atoms with Crippen LogP contribution in [0.4, 0.5) is 0 Å². The Morgan fingerprint density at radius 2 is 1.89 bits per heavy atom. The number of hydrogen-bond donors (Lipinski definition) is 2. The molecule has 19 heavy (non-hydrogen) atoms. The SMILES string of the molecule is CCCNC(CN(C)CC(C)(C)C)(C(N)=O)C1CC1. The summed E-state index contributed by atoms with van der Waals surface area (Å²) in [6.07, 6.45) is 3.25. The molecule has 1 atom stereocenters. The van der Waals surface area contributed by atoms with Crippen LogP contribution in [0.15, 0.2) is 0 Å². The van der Waals surface area contributed by atoms with Gasteiger partial charge in [0.25, 0.3) is 0 Å². The fourth-order valence-corrected chi connectivity index (χ4v) is 2.91. The standard InChI is InChI=1S/C15H31N3O/c1-6-9-17-15(13(16)19,12-7-8-12)11-18(5)10-14(2,3)4/h12,17H,6-11H2,1-5H3,(H2,16,19). The number of hydrogen-bond acceptors (Lipinski definition) is 3. The minimum absolute atomic E-state index is 0.191. The maximum absolute atomic E-state index is 12.0. The van der Waals surface area contributed by atoms with Gasteiger partial charge >= 0.3 is 0 Å². The number of carbonyl (C=O) groups excluding carboxylic acids is 1. The molecular weight excluding hydrogens is 238 g/mol. The monoisotopic (exact) mass is 269 g/mol. The second kappa shape index (κ2) is 6.23. The summed E-state index contributed by atoms with van der Waals surface area (Å²) in [5, 5.41) is 3.44. The average Bonchev–Trinajstić information content (AvgIpc) is 3.04. The number of primary amides is 1. The first-order valence-electron chi connectivity index (χ1n) is 7.45. The average molecular weight is 269 g/mol. The Bertz CT molecular complexity index is 307. The maximum Gasteiger partial charge on any atom is 0.239 e. The third kappa shape index (κ3) is 4.77. The summed E-state index contributed by atoms with van der Waals surface area (Å²) in [5.41, 5.74) is 5.43. The molecule has 0 spiro atoms. The number of carbonyl (C=O) groups is 1. The number of amides is 1. The highest BCUT2D eigenvalue weighted by atomic mass is 16.1. The van der Waals surface area contributed by atoms with Crippen molar-refractivity contribution in [3.05, 3.63) is 0 Å². The van der Waals surface area contributed by atoms with Crippen LogP contribution in [0.5, 0.6) is 0 Å². The highest BCUT2D eigenvalue weighted by Crippen LogP contribution is 2.40. The smallest absolute Gasteiger partial charge is 0.239 e. The van der Waals surface area contributed by atoms with Crippen LogP contribution in [0.3, 0.4) is 0 Å². The number of nitrogens with two attached hydrogens (primary N) is 1. The zero-order chi connectivity index (χ0) is 14.7. The summed E-state index contributed by atoms with van der Waals surface area (Å²) in [4.78, 5) is 14.3. The zero-order valence-electron chi connectivity index (χ0n) is 13.3. The van der Waals surface area contributed by atoms with E-state index in [2.05, 4.69) is 45.0 Å². The van der Waals surface area contributed by atoms with Crippen molar-refractivity contribution in [2.75, 3.05) is 26.7 Å². The summed E-state index contributed by atoms with van der Waals surface area (Å²) in [6, 6.07) is 0. The van der Waals surface area contributed by atoms with Crippen molar-refractivity contribution in [1.29, 1.82) is 0 Å². The van der Waals surface area contributed by atoms with Crippen LogP contribution < -0.4 is 11.1 Å². The van der Waals surface area contributed by atoms with Gasteiger partial charge < -0.3 is 16.0 Å². The Kier molecular flexibility index (Phi) is 5.39. The van der Waals surface area contributed by atoms with E-state index >= 15 is 0 Å². The first-order valence-corrected chi connectivity index (χ1v) is 7.45. The van der Waals surface area contributed by atoms with Gasteiger partial charge in [0.05, 0.1) is 0 Å². The molecule has 4 heteroatoms. The predicted octanol–water partition coefficient (Wildman–Crippen LogP) is 1.60. The molecule has 0 aromatic rings. The van der Waals surface area contributed by atoms with Crippen molar-refractivity contribution in [3.8, 4) is 0 Å². The molecule has 0 aliphatic heterocycles. The van der Waals surface area contributed by atoms with Crippen LogP contribution in [-0.2, 0) is 4.79 Å². The van der Waals surface area contributed by atoms with Gasteiger partial charge in [-0.1, -0.05) is 27.7 Å². The fraction of sp³-hybridized carbons (Fsp3) is 0.933. The molecule has 1 fully saturated rings. The molecule has 0 radical (unpaired) electrons. The van der Waals surface area contributed by atoms with Crippen molar-refractivity contribution in [2.45, 2.75) is 52.5 Å². The van der Waals surface area contributed by atoms with Gasteiger partial charge in [0.15, 0.2) is 0 Å². The lowest BCUT2D eigenvalue weighted by Crippen LogP contribution is -2.63. The second-order valence-electron chi connectivity index (χ2n) is 7.27. The highest BCUT2D eigenvalue weighted by molar-refractivity contribution is 5.86. The van der Waals surface area contributed by atoms with E-state index < -0.39 is 5.54 Å². The van der Waals surface area contributed by atoms with Gasteiger partial charge in [-0.2, -0.15) is 0 Å². The van der Waals surface area contributed by atoms with Gasteiger partial charge in [0.2, 0.25) is 5.91 Å². The van der Waals surface area contributed by atoms with E-state index in [1.807, 2.05) is 0 Å². The van der Waals surface area contributed by atoms with Crippen LogP contribution in [0.2, 0.25) is 0 Å². The van der Waals surface area contributed by atoms with Crippen LogP contribution in [0, 0.1) is 11.3 Å². The Morgan fingerprint density at radius 3 is 2.26 bits per heavy atom. The van der Waals surface area contributed by atoms with Crippen molar-refractivity contribution < 1.29 is 4.79 Å². The molecule has 0 heterocycles. The van der Waals surface area contributed by atoms with E-state index in [1.54, 1.807) is 0 Å². The lowest BCUT2D eigenvalue weighted by Gasteiger charge is -2.38. The van der Waals surface area contributed by atoms with E-state index in [-0.39, 0.29) is 11.3 Å². The lowest BCUT2D eigenvalue weighted by atomic mass is 9.89. The van der Waals surface area contributed by atoms with Crippen molar-refractivity contribution in [1.82, 2.24) is 10.2 Å². The van der Waals surface area contributed by atoms with Crippen LogP contribution >= 0.6 is 0 Å².